The molecule has 3 heterocycles. The van der Waals surface area contributed by atoms with E-state index >= 15 is 0 Å². The Morgan fingerprint density at radius 1 is 1.31 bits per heavy atom. The van der Waals surface area contributed by atoms with Gasteiger partial charge >= 0.3 is 5.97 Å². The number of carbonyl (C=O) groups is 2. The number of hydrogen-bond acceptors (Lipinski definition) is 5. The second kappa shape index (κ2) is 9.48. The predicted octanol–water partition coefficient (Wildman–Crippen LogP) is 3.17. The molecule has 0 aromatic carbocycles. The molecule has 0 spiro atoms. The molecule has 32 heavy (non-hydrogen) atoms. The minimum atomic E-state index is -0.902. The smallest absolute Gasteiger partial charge is 0.308 e. The van der Waals surface area contributed by atoms with Gasteiger partial charge in [-0.05, 0) is 70.7 Å². The fraction of sp³-hybridized carbons (Fsp3) is 0.625. The van der Waals surface area contributed by atoms with E-state index in [0.717, 1.165) is 0 Å². The number of carboxylic acid groups (broad SMARTS) is 1. The van der Waals surface area contributed by atoms with Crippen LogP contribution in [0.5, 0.6) is 5.75 Å². The van der Waals surface area contributed by atoms with Gasteiger partial charge in [0, 0.05) is 6.20 Å². The van der Waals surface area contributed by atoms with E-state index in [1.807, 2.05) is 25.3 Å². The quantitative estimate of drug-likeness (QED) is 0.608. The van der Waals surface area contributed by atoms with Crippen LogP contribution in [-0.4, -0.2) is 51.6 Å². The third-order valence-corrected chi connectivity index (χ3v) is 7.26. The minimum Gasteiger partial charge on any atom is -0.489 e. The van der Waals surface area contributed by atoms with Crippen molar-refractivity contribution in [3.63, 3.8) is 0 Å². The number of aryl methyl sites for hydroxylation is 1. The predicted molar refractivity (Wildman–Crippen MR) is 121 cm³/mol. The summed E-state index contributed by atoms with van der Waals surface area (Å²) in [5.74, 6) is -0.645. The SMILES string of the molecule is Cc1nc2c(OCC3CCCCC3)cccn2c1C(=O)NC1(C(C)C(=O)O)CCNCC1. The highest BCUT2D eigenvalue weighted by Crippen LogP contribution is 2.30. The van der Waals surface area contributed by atoms with E-state index in [9.17, 15) is 14.7 Å². The van der Waals surface area contributed by atoms with Crippen molar-refractivity contribution in [1.29, 1.82) is 0 Å². The van der Waals surface area contributed by atoms with Crippen molar-refractivity contribution >= 4 is 17.5 Å². The molecule has 8 nitrogen and oxygen atoms in total. The van der Waals surface area contributed by atoms with E-state index in [4.69, 9.17) is 4.74 Å². The third-order valence-electron chi connectivity index (χ3n) is 7.26. The van der Waals surface area contributed by atoms with Gasteiger partial charge < -0.3 is 20.5 Å². The number of ether oxygens (including phenoxy) is 1. The van der Waals surface area contributed by atoms with Gasteiger partial charge in [0.15, 0.2) is 11.4 Å². The number of carbonyl (C=O) groups excluding carboxylic acids is 1. The first kappa shape index (κ1) is 22.6. The summed E-state index contributed by atoms with van der Waals surface area (Å²) in [6.45, 7) is 5.49. The van der Waals surface area contributed by atoms with Gasteiger partial charge in [0.05, 0.1) is 23.8 Å². The fourth-order valence-corrected chi connectivity index (χ4v) is 5.16. The van der Waals surface area contributed by atoms with E-state index in [1.54, 1.807) is 11.3 Å². The molecule has 1 aliphatic heterocycles. The maximum Gasteiger partial charge on any atom is 0.308 e. The van der Waals surface area contributed by atoms with Crippen molar-refractivity contribution in [2.45, 2.75) is 64.3 Å². The Hall–Kier alpha value is -2.61. The minimum absolute atomic E-state index is 0.297. The molecular weight excluding hydrogens is 408 g/mol. The molecule has 1 saturated heterocycles. The number of piperidine rings is 1. The van der Waals surface area contributed by atoms with Crippen molar-refractivity contribution in [3.8, 4) is 5.75 Å². The van der Waals surface area contributed by atoms with Gasteiger partial charge in [-0.3, -0.25) is 14.0 Å². The first-order chi connectivity index (χ1) is 15.4. The number of hydrogen-bond donors (Lipinski definition) is 3. The van der Waals surface area contributed by atoms with Gasteiger partial charge in [-0.25, -0.2) is 4.98 Å². The van der Waals surface area contributed by atoms with Crippen molar-refractivity contribution in [1.82, 2.24) is 20.0 Å². The average Bonchev–Trinajstić information content (AvgIpc) is 3.14. The number of carboxylic acids is 1. The molecule has 2 fully saturated rings. The summed E-state index contributed by atoms with van der Waals surface area (Å²) in [5.41, 5.74) is 0.860. The summed E-state index contributed by atoms with van der Waals surface area (Å²) in [4.78, 5) is 29.9. The van der Waals surface area contributed by atoms with Crippen molar-refractivity contribution in [3.05, 3.63) is 29.7 Å². The Labute approximate surface area is 188 Å². The Morgan fingerprint density at radius 2 is 2.03 bits per heavy atom. The number of rotatable bonds is 7. The monoisotopic (exact) mass is 442 g/mol. The summed E-state index contributed by atoms with van der Waals surface area (Å²) in [6.07, 6.45) is 9.17. The molecule has 1 amide bonds. The molecule has 1 atom stereocenters. The largest absolute Gasteiger partial charge is 0.489 e. The number of imidazole rings is 1. The van der Waals surface area contributed by atoms with Crippen molar-refractivity contribution in [2.75, 3.05) is 19.7 Å². The maximum atomic E-state index is 13.4. The number of nitrogens with one attached hydrogen (secondary N) is 2. The fourth-order valence-electron chi connectivity index (χ4n) is 5.16. The number of aliphatic carboxylic acids is 1. The van der Waals surface area contributed by atoms with Gasteiger partial charge in [0.2, 0.25) is 0 Å². The van der Waals surface area contributed by atoms with Crippen LogP contribution in [0.2, 0.25) is 0 Å². The lowest BCUT2D eigenvalue weighted by Gasteiger charge is -2.41. The number of nitrogens with zero attached hydrogens (tertiary/aromatic N) is 2. The van der Waals surface area contributed by atoms with Crippen LogP contribution in [0.3, 0.4) is 0 Å². The Balaban J connectivity index is 1.58. The average molecular weight is 443 g/mol. The lowest BCUT2D eigenvalue weighted by molar-refractivity contribution is -0.144. The first-order valence-electron chi connectivity index (χ1n) is 11.8. The van der Waals surface area contributed by atoms with Crippen LogP contribution in [-0.2, 0) is 4.79 Å². The molecule has 2 aromatic rings. The zero-order chi connectivity index (χ0) is 22.7. The molecule has 8 heteroatoms. The second-order valence-corrected chi connectivity index (χ2v) is 9.35. The molecule has 0 radical (unpaired) electrons. The molecule has 3 N–H and O–H groups in total. The normalized spacial score (nSPS) is 20.1. The van der Waals surface area contributed by atoms with E-state index < -0.39 is 17.4 Å². The molecule has 0 bridgehead atoms. The van der Waals surface area contributed by atoms with Gasteiger partial charge in [-0.1, -0.05) is 19.3 Å². The molecule has 2 aliphatic rings. The van der Waals surface area contributed by atoms with Crippen LogP contribution < -0.4 is 15.4 Å². The summed E-state index contributed by atoms with van der Waals surface area (Å²) in [5, 5.41) is 16.0. The van der Waals surface area contributed by atoms with Gasteiger partial charge in [-0.15, -0.1) is 0 Å². The lowest BCUT2D eigenvalue weighted by Crippen LogP contribution is -2.60. The van der Waals surface area contributed by atoms with Crippen LogP contribution in [0.4, 0.5) is 0 Å². The van der Waals surface area contributed by atoms with Crippen LogP contribution in [0.1, 0.15) is 68.1 Å². The van der Waals surface area contributed by atoms with Gasteiger partial charge in [0.1, 0.15) is 5.69 Å². The van der Waals surface area contributed by atoms with Crippen LogP contribution in [0.15, 0.2) is 18.3 Å². The number of aromatic nitrogens is 2. The highest BCUT2D eigenvalue weighted by atomic mass is 16.5. The van der Waals surface area contributed by atoms with Crippen molar-refractivity contribution in [2.24, 2.45) is 11.8 Å². The number of fused-ring (bicyclic) bond motifs is 1. The molecule has 1 unspecified atom stereocenters. The molecule has 2 aromatic heterocycles. The zero-order valence-electron chi connectivity index (χ0n) is 19.0. The second-order valence-electron chi connectivity index (χ2n) is 9.35. The molecule has 1 saturated carbocycles. The van der Waals surface area contributed by atoms with E-state index in [-0.39, 0.29) is 5.91 Å². The molecule has 174 valence electrons. The zero-order valence-corrected chi connectivity index (χ0v) is 19.0. The first-order valence-corrected chi connectivity index (χ1v) is 11.8. The number of amides is 1. The van der Waals surface area contributed by atoms with E-state index in [0.29, 0.717) is 61.2 Å². The van der Waals surface area contributed by atoms with Crippen LogP contribution in [0, 0.1) is 18.8 Å². The summed E-state index contributed by atoms with van der Waals surface area (Å²) >= 11 is 0. The standard InChI is InChI=1S/C24H34N4O4/c1-16(23(30)31)24(10-12-25-13-11-24)27-22(29)20-17(2)26-21-19(9-6-14-28(20)21)32-15-18-7-4-3-5-8-18/h6,9,14,16,18,25H,3-5,7-8,10-13,15H2,1-2H3,(H,27,29)(H,30,31). The Bertz CT molecular complexity index is 974. The summed E-state index contributed by atoms with van der Waals surface area (Å²) in [7, 11) is 0. The molecule has 4 rings (SSSR count). The van der Waals surface area contributed by atoms with E-state index in [1.165, 1.54) is 32.1 Å². The lowest BCUT2D eigenvalue weighted by atomic mass is 9.77. The summed E-state index contributed by atoms with van der Waals surface area (Å²) < 4.78 is 7.91. The van der Waals surface area contributed by atoms with Crippen LogP contribution >= 0.6 is 0 Å². The van der Waals surface area contributed by atoms with Crippen molar-refractivity contribution < 1.29 is 19.4 Å². The highest BCUT2D eigenvalue weighted by Gasteiger charge is 2.43. The number of pyridine rings is 1. The molecule has 1 aliphatic carbocycles. The third kappa shape index (κ3) is 4.46. The van der Waals surface area contributed by atoms with Gasteiger partial charge in [-0.2, -0.15) is 0 Å². The summed E-state index contributed by atoms with van der Waals surface area (Å²) in [6, 6.07) is 3.76. The van der Waals surface area contributed by atoms with E-state index in [2.05, 4.69) is 15.6 Å². The topological polar surface area (TPSA) is 105 Å². The maximum absolute atomic E-state index is 13.4. The Morgan fingerprint density at radius 3 is 2.72 bits per heavy atom. The molecular formula is C24H34N4O4. The highest BCUT2D eigenvalue weighted by molar-refractivity contribution is 5.96. The Kier molecular flexibility index (Phi) is 6.69. The van der Waals surface area contributed by atoms with Crippen LogP contribution in [0.25, 0.3) is 5.65 Å². The van der Waals surface area contributed by atoms with Gasteiger partial charge in [0.25, 0.3) is 5.91 Å².